The SMILES string of the molecule is NC1=NCC2(CCCN(Cc3ccccc3)C2)N1c1cccc(Cl)c1. The van der Waals surface area contributed by atoms with Crippen molar-refractivity contribution < 1.29 is 0 Å². The van der Waals surface area contributed by atoms with Gasteiger partial charge in [-0.15, -0.1) is 0 Å². The van der Waals surface area contributed by atoms with Gasteiger partial charge in [-0.25, -0.2) is 0 Å². The quantitative estimate of drug-likeness (QED) is 0.917. The average Bonchev–Trinajstić information content (AvgIpc) is 2.91. The minimum absolute atomic E-state index is 0.0677. The Morgan fingerprint density at radius 3 is 2.76 bits per heavy atom. The number of anilines is 1. The van der Waals surface area contributed by atoms with Gasteiger partial charge in [-0.05, 0) is 43.1 Å². The number of benzene rings is 2. The lowest BCUT2D eigenvalue weighted by Gasteiger charge is -2.46. The van der Waals surface area contributed by atoms with Gasteiger partial charge in [0.15, 0.2) is 5.96 Å². The highest BCUT2D eigenvalue weighted by Gasteiger charge is 2.45. The molecule has 5 heteroatoms. The fourth-order valence-corrected chi connectivity index (χ4v) is 4.31. The number of hydrogen-bond acceptors (Lipinski definition) is 4. The van der Waals surface area contributed by atoms with E-state index in [4.69, 9.17) is 17.3 Å². The predicted molar refractivity (Wildman–Crippen MR) is 104 cm³/mol. The zero-order valence-corrected chi connectivity index (χ0v) is 15.0. The maximum absolute atomic E-state index is 6.28. The largest absolute Gasteiger partial charge is 0.369 e. The van der Waals surface area contributed by atoms with E-state index in [1.165, 1.54) is 5.56 Å². The van der Waals surface area contributed by atoms with Crippen LogP contribution >= 0.6 is 11.6 Å². The first-order chi connectivity index (χ1) is 12.2. The van der Waals surface area contributed by atoms with Crippen LogP contribution < -0.4 is 10.6 Å². The van der Waals surface area contributed by atoms with Crippen LogP contribution in [0.3, 0.4) is 0 Å². The van der Waals surface area contributed by atoms with Crippen LogP contribution in [0.4, 0.5) is 5.69 Å². The summed E-state index contributed by atoms with van der Waals surface area (Å²) in [6.45, 7) is 3.78. The molecule has 1 atom stereocenters. The van der Waals surface area contributed by atoms with Crippen LogP contribution in [0.25, 0.3) is 0 Å². The Morgan fingerprint density at radius 1 is 1.12 bits per heavy atom. The van der Waals surface area contributed by atoms with Crippen LogP contribution in [-0.4, -0.2) is 36.0 Å². The number of guanidine groups is 1. The lowest BCUT2D eigenvalue weighted by Crippen LogP contribution is -2.60. The zero-order chi connectivity index (χ0) is 17.3. The highest BCUT2D eigenvalue weighted by atomic mass is 35.5. The van der Waals surface area contributed by atoms with Gasteiger partial charge in [0.05, 0.1) is 12.1 Å². The van der Waals surface area contributed by atoms with E-state index in [0.717, 1.165) is 49.7 Å². The normalized spacial score (nSPS) is 23.9. The number of hydrogen-bond donors (Lipinski definition) is 1. The first kappa shape index (κ1) is 16.4. The highest BCUT2D eigenvalue weighted by molar-refractivity contribution is 6.31. The fourth-order valence-electron chi connectivity index (χ4n) is 4.13. The van der Waals surface area contributed by atoms with E-state index in [9.17, 15) is 0 Å². The Balaban J connectivity index is 1.59. The molecule has 2 aliphatic rings. The van der Waals surface area contributed by atoms with Gasteiger partial charge in [0, 0.05) is 23.8 Å². The van der Waals surface area contributed by atoms with Gasteiger partial charge in [-0.3, -0.25) is 9.89 Å². The third-order valence-corrected chi connectivity index (χ3v) is 5.42. The lowest BCUT2D eigenvalue weighted by atomic mass is 9.87. The van der Waals surface area contributed by atoms with Crippen molar-refractivity contribution in [3.05, 3.63) is 65.2 Å². The van der Waals surface area contributed by atoms with Crippen LogP contribution in [0, 0.1) is 0 Å². The Morgan fingerprint density at radius 2 is 1.96 bits per heavy atom. The standard InChI is InChI=1S/C20H23ClN4/c21-17-8-4-9-18(12-17)25-19(22)23-14-20(25)10-5-11-24(15-20)13-16-6-2-1-3-7-16/h1-4,6-9,12H,5,10-11,13-15H2,(H2,22,23). The van der Waals surface area contributed by atoms with Crippen molar-refractivity contribution in [3.63, 3.8) is 0 Å². The van der Waals surface area contributed by atoms with E-state index < -0.39 is 0 Å². The van der Waals surface area contributed by atoms with Gasteiger partial charge in [-0.1, -0.05) is 48.0 Å². The van der Waals surface area contributed by atoms with E-state index in [-0.39, 0.29) is 5.54 Å². The Kier molecular flexibility index (Phi) is 4.40. The van der Waals surface area contributed by atoms with Crippen molar-refractivity contribution in [1.29, 1.82) is 0 Å². The predicted octanol–water partition coefficient (Wildman–Crippen LogP) is 3.51. The molecule has 2 aromatic carbocycles. The summed E-state index contributed by atoms with van der Waals surface area (Å²) in [6.07, 6.45) is 2.24. The molecule has 4 nitrogen and oxygen atoms in total. The van der Waals surface area contributed by atoms with E-state index in [2.05, 4.69) is 51.2 Å². The van der Waals surface area contributed by atoms with E-state index >= 15 is 0 Å². The first-order valence-corrected chi connectivity index (χ1v) is 9.16. The van der Waals surface area contributed by atoms with Crippen LogP contribution in [0.1, 0.15) is 18.4 Å². The summed E-state index contributed by atoms with van der Waals surface area (Å²) in [5.41, 5.74) is 8.59. The molecule has 1 unspecified atom stereocenters. The summed E-state index contributed by atoms with van der Waals surface area (Å²) in [5.74, 6) is 0.601. The van der Waals surface area contributed by atoms with E-state index in [0.29, 0.717) is 5.96 Å². The van der Waals surface area contributed by atoms with Crippen molar-refractivity contribution in [2.24, 2.45) is 10.7 Å². The molecule has 1 fully saturated rings. The molecule has 0 radical (unpaired) electrons. The third-order valence-electron chi connectivity index (χ3n) is 5.19. The molecule has 0 aliphatic carbocycles. The first-order valence-electron chi connectivity index (χ1n) is 8.78. The molecule has 0 aromatic heterocycles. The second-order valence-corrected chi connectivity index (χ2v) is 7.45. The van der Waals surface area contributed by atoms with Crippen molar-refractivity contribution in [2.45, 2.75) is 24.9 Å². The van der Waals surface area contributed by atoms with Gasteiger partial charge >= 0.3 is 0 Å². The van der Waals surface area contributed by atoms with Gasteiger partial charge < -0.3 is 10.6 Å². The van der Waals surface area contributed by atoms with E-state index in [1.54, 1.807) is 0 Å². The molecule has 4 rings (SSSR count). The maximum Gasteiger partial charge on any atom is 0.196 e. The molecular weight excluding hydrogens is 332 g/mol. The molecule has 0 saturated carbocycles. The fraction of sp³-hybridized carbons (Fsp3) is 0.350. The van der Waals surface area contributed by atoms with E-state index in [1.807, 2.05) is 18.2 Å². The minimum Gasteiger partial charge on any atom is -0.369 e. The monoisotopic (exact) mass is 354 g/mol. The highest BCUT2D eigenvalue weighted by Crippen LogP contribution is 2.36. The third kappa shape index (κ3) is 3.24. The molecule has 130 valence electrons. The number of halogens is 1. The molecular formula is C20H23ClN4. The molecule has 2 aliphatic heterocycles. The van der Waals surface area contributed by atoms with Crippen LogP contribution in [0.5, 0.6) is 0 Å². The molecule has 25 heavy (non-hydrogen) atoms. The average molecular weight is 355 g/mol. The van der Waals surface area contributed by atoms with Gasteiger partial charge in [0.1, 0.15) is 0 Å². The summed E-state index contributed by atoms with van der Waals surface area (Å²) < 4.78 is 0. The van der Waals surface area contributed by atoms with Crippen molar-refractivity contribution in [3.8, 4) is 0 Å². The molecule has 0 bridgehead atoms. The number of piperidine rings is 1. The summed E-state index contributed by atoms with van der Waals surface area (Å²) in [6, 6.07) is 18.6. The van der Waals surface area contributed by atoms with Crippen molar-refractivity contribution in [2.75, 3.05) is 24.5 Å². The number of aliphatic imine (C=N–C) groups is 1. The summed E-state index contributed by atoms with van der Waals surface area (Å²) in [7, 11) is 0. The summed E-state index contributed by atoms with van der Waals surface area (Å²) >= 11 is 6.22. The van der Waals surface area contributed by atoms with Gasteiger partial charge in [0.25, 0.3) is 0 Å². The Labute approximate surface area is 153 Å². The Hall–Kier alpha value is -2.04. The lowest BCUT2D eigenvalue weighted by molar-refractivity contribution is 0.153. The minimum atomic E-state index is -0.0677. The molecule has 2 aromatic rings. The molecule has 2 N–H and O–H groups in total. The number of likely N-dealkylation sites (tertiary alicyclic amines) is 1. The van der Waals surface area contributed by atoms with Crippen LogP contribution in [-0.2, 0) is 6.54 Å². The molecule has 0 amide bonds. The van der Waals surface area contributed by atoms with Gasteiger partial charge in [-0.2, -0.15) is 0 Å². The summed E-state index contributed by atoms with van der Waals surface area (Å²) in [4.78, 5) is 9.32. The number of nitrogens with zero attached hydrogens (tertiary/aromatic N) is 3. The smallest absolute Gasteiger partial charge is 0.196 e. The maximum atomic E-state index is 6.28. The second-order valence-electron chi connectivity index (χ2n) is 7.01. The Bertz CT molecular complexity index is 776. The van der Waals surface area contributed by atoms with Crippen molar-refractivity contribution >= 4 is 23.2 Å². The van der Waals surface area contributed by atoms with Gasteiger partial charge in [0.2, 0.25) is 0 Å². The topological polar surface area (TPSA) is 44.9 Å². The molecule has 1 saturated heterocycles. The molecule has 1 spiro atoms. The zero-order valence-electron chi connectivity index (χ0n) is 14.2. The van der Waals surface area contributed by atoms with Crippen LogP contribution in [0.2, 0.25) is 5.02 Å². The molecule has 2 heterocycles. The van der Waals surface area contributed by atoms with Crippen LogP contribution in [0.15, 0.2) is 59.6 Å². The number of nitrogens with two attached hydrogens (primary N) is 1. The van der Waals surface area contributed by atoms with Crippen molar-refractivity contribution in [1.82, 2.24) is 4.90 Å². The summed E-state index contributed by atoms with van der Waals surface area (Å²) in [5, 5.41) is 0.726. The number of rotatable bonds is 3. The second kappa shape index (κ2) is 6.70.